The van der Waals surface area contributed by atoms with E-state index in [0.29, 0.717) is 19.0 Å². The van der Waals surface area contributed by atoms with Gasteiger partial charge in [0.05, 0.1) is 0 Å². The maximum Gasteiger partial charge on any atom is 0.223 e. The number of amides is 2. The number of carbonyl (C=O) groups is 2. The van der Waals surface area contributed by atoms with Crippen LogP contribution in [0.5, 0.6) is 0 Å². The first-order chi connectivity index (χ1) is 8.56. The Morgan fingerprint density at radius 2 is 1.56 bits per heavy atom. The minimum Gasteiger partial charge on any atom is -0.356 e. The van der Waals surface area contributed by atoms with E-state index in [0.717, 1.165) is 25.7 Å². The van der Waals surface area contributed by atoms with Crippen molar-refractivity contribution < 1.29 is 9.59 Å². The monoisotopic (exact) mass is 254 g/mol. The Bertz CT molecular complexity index is 290. The second-order valence-corrected chi connectivity index (χ2v) is 5.53. The van der Waals surface area contributed by atoms with Gasteiger partial charge < -0.3 is 10.6 Å². The van der Waals surface area contributed by atoms with Gasteiger partial charge in [-0.15, -0.1) is 0 Å². The van der Waals surface area contributed by atoms with E-state index in [1.807, 2.05) is 6.92 Å². The largest absolute Gasteiger partial charge is 0.356 e. The summed E-state index contributed by atoms with van der Waals surface area (Å²) in [6.07, 6.45) is 3.78. The minimum atomic E-state index is -0.135. The Hall–Kier alpha value is -1.06. The van der Waals surface area contributed by atoms with Crippen molar-refractivity contribution in [2.24, 2.45) is 17.8 Å². The third-order valence-corrected chi connectivity index (χ3v) is 3.48. The molecule has 2 atom stereocenters. The van der Waals surface area contributed by atoms with Crippen LogP contribution in [0.3, 0.4) is 0 Å². The SMILES string of the molecule is CCNC(=O)[C@@H]1CCCC[C@H]1C(=O)NCC(C)C. The molecule has 0 radical (unpaired) electrons. The van der Waals surface area contributed by atoms with E-state index < -0.39 is 0 Å². The predicted molar refractivity (Wildman–Crippen MR) is 72.0 cm³/mol. The maximum atomic E-state index is 12.1. The van der Waals surface area contributed by atoms with Gasteiger partial charge in [-0.1, -0.05) is 26.7 Å². The Balaban J connectivity index is 2.58. The van der Waals surface area contributed by atoms with Gasteiger partial charge in [-0.05, 0) is 25.7 Å². The molecule has 0 heterocycles. The molecular formula is C14H26N2O2. The normalized spacial score (nSPS) is 23.8. The topological polar surface area (TPSA) is 58.2 Å². The molecule has 1 saturated carbocycles. The molecule has 0 unspecified atom stereocenters. The summed E-state index contributed by atoms with van der Waals surface area (Å²) in [4.78, 5) is 24.1. The first-order valence-corrected chi connectivity index (χ1v) is 7.11. The van der Waals surface area contributed by atoms with Crippen LogP contribution in [-0.2, 0) is 9.59 Å². The lowest BCUT2D eigenvalue weighted by molar-refractivity contribution is -0.136. The van der Waals surface area contributed by atoms with Gasteiger partial charge in [0.15, 0.2) is 0 Å². The van der Waals surface area contributed by atoms with E-state index in [4.69, 9.17) is 0 Å². The number of carbonyl (C=O) groups excluding carboxylic acids is 2. The molecule has 1 fully saturated rings. The van der Waals surface area contributed by atoms with E-state index in [-0.39, 0.29) is 23.7 Å². The van der Waals surface area contributed by atoms with Crippen LogP contribution in [0, 0.1) is 17.8 Å². The molecular weight excluding hydrogens is 228 g/mol. The highest BCUT2D eigenvalue weighted by Crippen LogP contribution is 2.30. The zero-order chi connectivity index (χ0) is 13.5. The number of hydrogen-bond acceptors (Lipinski definition) is 2. The van der Waals surface area contributed by atoms with Gasteiger partial charge in [0, 0.05) is 24.9 Å². The molecule has 1 rings (SSSR count). The van der Waals surface area contributed by atoms with E-state index in [2.05, 4.69) is 24.5 Å². The van der Waals surface area contributed by atoms with Crippen molar-refractivity contribution in [2.45, 2.75) is 46.5 Å². The van der Waals surface area contributed by atoms with Crippen molar-refractivity contribution in [2.75, 3.05) is 13.1 Å². The summed E-state index contributed by atoms with van der Waals surface area (Å²) in [7, 11) is 0. The summed E-state index contributed by atoms with van der Waals surface area (Å²) in [5.74, 6) is 0.275. The van der Waals surface area contributed by atoms with Crippen molar-refractivity contribution in [3.8, 4) is 0 Å². The molecule has 18 heavy (non-hydrogen) atoms. The highest BCUT2D eigenvalue weighted by atomic mass is 16.2. The van der Waals surface area contributed by atoms with Gasteiger partial charge in [0.1, 0.15) is 0 Å². The second-order valence-electron chi connectivity index (χ2n) is 5.53. The van der Waals surface area contributed by atoms with Crippen molar-refractivity contribution in [3.05, 3.63) is 0 Å². The molecule has 0 aromatic rings. The molecule has 0 aromatic heterocycles. The van der Waals surface area contributed by atoms with Crippen LogP contribution < -0.4 is 10.6 Å². The van der Waals surface area contributed by atoms with Crippen LogP contribution in [-0.4, -0.2) is 24.9 Å². The van der Waals surface area contributed by atoms with Crippen LogP contribution in [0.2, 0.25) is 0 Å². The smallest absolute Gasteiger partial charge is 0.223 e. The quantitative estimate of drug-likeness (QED) is 0.784. The van der Waals surface area contributed by atoms with Gasteiger partial charge in [-0.2, -0.15) is 0 Å². The van der Waals surface area contributed by atoms with Crippen molar-refractivity contribution >= 4 is 11.8 Å². The van der Waals surface area contributed by atoms with Gasteiger partial charge in [-0.25, -0.2) is 0 Å². The number of nitrogens with one attached hydrogen (secondary N) is 2. The van der Waals surface area contributed by atoms with Gasteiger partial charge in [-0.3, -0.25) is 9.59 Å². The van der Waals surface area contributed by atoms with Gasteiger partial charge in [0.2, 0.25) is 11.8 Å². The number of hydrogen-bond donors (Lipinski definition) is 2. The van der Waals surface area contributed by atoms with Gasteiger partial charge in [0.25, 0.3) is 0 Å². The molecule has 2 amide bonds. The molecule has 1 aliphatic carbocycles. The minimum absolute atomic E-state index is 0.0434. The first-order valence-electron chi connectivity index (χ1n) is 7.11. The predicted octanol–water partition coefficient (Wildman–Crippen LogP) is 1.70. The molecule has 0 aliphatic heterocycles. The van der Waals surface area contributed by atoms with Crippen LogP contribution in [0.4, 0.5) is 0 Å². The maximum absolute atomic E-state index is 12.1. The fourth-order valence-electron chi connectivity index (χ4n) is 2.50. The van der Waals surface area contributed by atoms with Crippen molar-refractivity contribution in [1.82, 2.24) is 10.6 Å². The average molecular weight is 254 g/mol. The molecule has 104 valence electrons. The van der Waals surface area contributed by atoms with E-state index in [1.54, 1.807) is 0 Å². The molecule has 4 heteroatoms. The molecule has 1 aliphatic rings. The molecule has 2 N–H and O–H groups in total. The van der Waals surface area contributed by atoms with E-state index in [9.17, 15) is 9.59 Å². The fourth-order valence-corrected chi connectivity index (χ4v) is 2.50. The Labute approximate surface area is 110 Å². The highest BCUT2D eigenvalue weighted by molar-refractivity contribution is 5.87. The Morgan fingerprint density at radius 1 is 1.06 bits per heavy atom. The van der Waals surface area contributed by atoms with Crippen LogP contribution in [0.15, 0.2) is 0 Å². The molecule has 0 spiro atoms. The first kappa shape index (κ1) is 15.0. The third-order valence-electron chi connectivity index (χ3n) is 3.48. The molecule has 0 saturated heterocycles. The standard InChI is InChI=1S/C14H26N2O2/c1-4-15-13(17)11-7-5-6-8-12(11)14(18)16-9-10(2)3/h10-12H,4-9H2,1-3H3,(H,15,17)(H,16,18)/t11-,12-/m1/s1. The van der Waals surface area contributed by atoms with Crippen molar-refractivity contribution in [3.63, 3.8) is 0 Å². The zero-order valence-corrected chi connectivity index (χ0v) is 11.8. The molecule has 4 nitrogen and oxygen atoms in total. The second kappa shape index (κ2) is 7.39. The highest BCUT2D eigenvalue weighted by Gasteiger charge is 2.35. The summed E-state index contributed by atoms with van der Waals surface area (Å²) < 4.78 is 0. The van der Waals surface area contributed by atoms with Crippen LogP contribution in [0.25, 0.3) is 0 Å². The van der Waals surface area contributed by atoms with Crippen LogP contribution >= 0.6 is 0 Å². The molecule has 0 aromatic carbocycles. The Morgan fingerprint density at radius 3 is 2.00 bits per heavy atom. The third kappa shape index (κ3) is 4.31. The van der Waals surface area contributed by atoms with Gasteiger partial charge >= 0.3 is 0 Å². The van der Waals surface area contributed by atoms with Crippen LogP contribution in [0.1, 0.15) is 46.5 Å². The lowest BCUT2D eigenvalue weighted by atomic mass is 9.78. The average Bonchev–Trinajstić information content (AvgIpc) is 2.36. The number of rotatable bonds is 5. The summed E-state index contributed by atoms with van der Waals surface area (Å²) in [6.45, 7) is 7.38. The Kier molecular flexibility index (Phi) is 6.16. The fraction of sp³-hybridized carbons (Fsp3) is 0.857. The summed E-state index contributed by atoms with van der Waals surface area (Å²) >= 11 is 0. The van der Waals surface area contributed by atoms with Crippen molar-refractivity contribution in [1.29, 1.82) is 0 Å². The lowest BCUT2D eigenvalue weighted by Gasteiger charge is -2.29. The van der Waals surface area contributed by atoms with E-state index in [1.165, 1.54) is 0 Å². The molecule has 0 bridgehead atoms. The summed E-state index contributed by atoms with van der Waals surface area (Å²) in [6, 6.07) is 0. The zero-order valence-electron chi connectivity index (χ0n) is 11.8. The van der Waals surface area contributed by atoms with E-state index >= 15 is 0 Å². The lowest BCUT2D eigenvalue weighted by Crippen LogP contribution is -2.44. The summed E-state index contributed by atoms with van der Waals surface area (Å²) in [5, 5.41) is 5.81. The summed E-state index contributed by atoms with van der Waals surface area (Å²) in [5.41, 5.74) is 0.